The van der Waals surface area contributed by atoms with Crippen LogP contribution in [0.3, 0.4) is 0 Å². The molecule has 9 aromatic carbocycles. The molecule has 66 heavy (non-hydrogen) atoms. The van der Waals surface area contributed by atoms with Crippen molar-refractivity contribution in [2.75, 3.05) is 0 Å². The molecule has 0 N–H and O–H groups in total. The van der Waals surface area contributed by atoms with Gasteiger partial charge >= 0.3 is 0 Å². The smallest absolute Gasteiger partial charge is 0.101 e. The molecule has 0 unspecified atom stereocenters. The highest BCUT2D eigenvalue weighted by Crippen LogP contribution is 2.49. The lowest BCUT2D eigenvalue weighted by Gasteiger charge is -2.30. The third-order valence-corrected chi connectivity index (χ3v) is 13.7. The van der Waals surface area contributed by atoms with Crippen LogP contribution >= 0.6 is 0 Å². The molecule has 0 fully saturated rings. The largest absolute Gasteiger partial charge is 0.309 e. The zero-order chi connectivity index (χ0) is 44.4. The summed E-state index contributed by atoms with van der Waals surface area (Å²) in [6.07, 6.45) is 0. The summed E-state index contributed by atoms with van der Waals surface area (Å²) in [4.78, 5) is 0. The number of aromatic nitrogens is 4. The third kappa shape index (κ3) is 5.04. The molecule has 0 amide bonds. The van der Waals surface area contributed by atoms with Gasteiger partial charge in [-0.05, 0) is 72.1 Å². The Labute approximate surface area is 380 Å². The van der Waals surface area contributed by atoms with Gasteiger partial charge in [-0.25, -0.2) is 0 Å². The van der Waals surface area contributed by atoms with Crippen LogP contribution in [0, 0.1) is 22.7 Å². The van der Waals surface area contributed by atoms with Gasteiger partial charge in [0.05, 0.1) is 66.6 Å². The van der Waals surface area contributed by atoms with E-state index in [2.05, 4.69) is 233 Å². The van der Waals surface area contributed by atoms with Crippen LogP contribution < -0.4 is 0 Å². The molecule has 0 radical (unpaired) electrons. The van der Waals surface area contributed by atoms with Gasteiger partial charge in [-0.3, -0.25) is 0 Å². The van der Waals surface area contributed by atoms with Crippen molar-refractivity contribution >= 4 is 87.2 Å². The Balaban J connectivity index is 1.26. The van der Waals surface area contributed by atoms with Crippen LogP contribution in [0.15, 0.2) is 188 Å². The average molecular weight is 845 g/mol. The number of benzene rings is 9. The van der Waals surface area contributed by atoms with Crippen molar-refractivity contribution in [3.8, 4) is 34.9 Å². The van der Waals surface area contributed by atoms with E-state index < -0.39 is 5.41 Å². The number of rotatable bonds is 4. The van der Waals surface area contributed by atoms with Crippen LogP contribution in [0.1, 0.15) is 37.5 Å². The molecule has 0 saturated heterocycles. The minimum absolute atomic E-state index is 0.443. The second kappa shape index (κ2) is 13.8. The van der Waals surface area contributed by atoms with Crippen molar-refractivity contribution in [3.63, 3.8) is 0 Å². The van der Waals surface area contributed by atoms with Gasteiger partial charge in [0.1, 0.15) is 12.1 Å². The first-order valence-corrected chi connectivity index (χ1v) is 22.4. The number of para-hydroxylation sites is 6. The van der Waals surface area contributed by atoms with E-state index in [-0.39, 0.29) is 0 Å². The van der Waals surface area contributed by atoms with Gasteiger partial charge in [0, 0.05) is 60.0 Å². The first-order valence-electron chi connectivity index (χ1n) is 22.4. The van der Waals surface area contributed by atoms with Crippen LogP contribution in [0.5, 0.6) is 0 Å². The van der Waals surface area contributed by atoms with E-state index in [4.69, 9.17) is 0 Å². The maximum absolute atomic E-state index is 11.5. The third-order valence-electron chi connectivity index (χ3n) is 13.7. The fourth-order valence-corrected chi connectivity index (χ4v) is 11.2. The van der Waals surface area contributed by atoms with Gasteiger partial charge in [0.2, 0.25) is 0 Å². The van der Waals surface area contributed by atoms with E-state index in [0.29, 0.717) is 11.1 Å². The molecule has 4 heterocycles. The summed E-state index contributed by atoms with van der Waals surface area (Å²) in [6, 6.07) is 71.5. The molecule has 0 aliphatic heterocycles. The van der Waals surface area contributed by atoms with E-state index in [1.54, 1.807) is 0 Å². The normalized spacial score (nSPS) is 12.1. The van der Waals surface area contributed by atoms with Crippen molar-refractivity contribution in [2.45, 2.75) is 26.2 Å². The molecule has 0 aliphatic carbocycles. The second-order valence-electron chi connectivity index (χ2n) is 18.3. The lowest BCUT2D eigenvalue weighted by Crippen LogP contribution is -2.21. The summed E-state index contributed by atoms with van der Waals surface area (Å²) in [6.45, 7) is 6.65. The summed E-state index contributed by atoms with van der Waals surface area (Å²) in [5.41, 5.74) is 13.3. The Morgan fingerprint density at radius 1 is 0.348 bits per heavy atom. The lowest BCUT2D eigenvalue weighted by molar-refractivity contribution is 0.584. The summed E-state index contributed by atoms with van der Waals surface area (Å²) in [5, 5.41) is 31.7. The van der Waals surface area contributed by atoms with Crippen LogP contribution in [0.2, 0.25) is 0 Å². The first-order chi connectivity index (χ1) is 32.4. The standard InChI is InChI=1S/C60H40N6/c1-60(2,3)55-56(65-47-26-14-10-22-41(47)43-30-32-51-53(58(43)65)45-24-12-16-28-49(45)63(51)39-18-6-4-7-19-39)37(35-61)34-38(36-62)57(55)66-48-27-15-11-23-42(48)44-31-33-52-54(59(44)66)46-25-13-17-29-50(46)64(52)40-20-8-5-9-21-40/h4-34H,1-3H3. The molecule has 310 valence electrons. The predicted molar refractivity (Wildman–Crippen MR) is 272 cm³/mol. The average Bonchev–Trinajstić information content (AvgIpc) is 4.08. The lowest BCUT2D eigenvalue weighted by atomic mass is 9.81. The topological polar surface area (TPSA) is 67.3 Å². The molecule has 13 rings (SSSR count). The van der Waals surface area contributed by atoms with Crippen molar-refractivity contribution < 1.29 is 0 Å². The fraction of sp³-hybridized carbons (Fsp3) is 0.0667. The van der Waals surface area contributed by atoms with E-state index in [0.717, 1.165) is 116 Å². The fourth-order valence-electron chi connectivity index (χ4n) is 11.2. The quantitative estimate of drug-likeness (QED) is 0.177. The van der Waals surface area contributed by atoms with Gasteiger partial charge in [0.25, 0.3) is 0 Å². The Morgan fingerprint density at radius 2 is 0.697 bits per heavy atom. The summed E-state index contributed by atoms with van der Waals surface area (Å²) >= 11 is 0. The molecular weight excluding hydrogens is 805 g/mol. The van der Waals surface area contributed by atoms with Crippen LogP contribution in [0.25, 0.3) is 110 Å². The second-order valence-corrected chi connectivity index (χ2v) is 18.3. The Morgan fingerprint density at radius 3 is 1.08 bits per heavy atom. The molecule has 4 aromatic heterocycles. The summed E-state index contributed by atoms with van der Waals surface area (Å²) in [5.74, 6) is 0. The monoisotopic (exact) mass is 844 g/mol. The molecule has 6 heteroatoms. The Hall–Kier alpha value is -8.84. The van der Waals surface area contributed by atoms with Crippen molar-refractivity contribution in [2.24, 2.45) is 0 Å². The number of fused-ring (bicyclic) bond motifs is 14. The van der Waals surface area contributed by atoms with Crippen LogP contribution in [0.4, 0.5) is 0 Å². The molecule has 0 bridgehead atoms. The van der Waals surface area contributed by atoms with E-state index in [9.17, 15) is 10.5 Å². The number of nitrogens with zero attached hydrogens (tertiary/aromatic N) is 6. The summed E-state index contributed by atoms with van der Waals surface area (Å²) < 4.78 is 9.40. The highest BCUT2D eigenvalue weighted by molar-refractivity contribution is 6.28. The minimum atomic E-state index is -0.587. The van der Waals surface area contributed by atoms with Crippen molar-refractivity contribution in [3.05, 3.63) is 205 Å². The number of hydrogen-bond donors (Lipinski definition) is 0. The summed E-state index contributed by atoms with van der Waals surface area (Å²) in [7, 11) is 0. The van der Waals surface area contributed by atoms with Gasteiger partial charge in [-0.1, -0.05) is 142 Å². The number of nitriles is 2. The van der Waals surface area contributed by atoms with Crippen LogP contribution in [-0.4, -0.2) is 18.3 Å². The highest BCUT2D eigenvalue weighted by atomic mass is 15.1. The van der Waals surface area contributed by atoms with E-state index in [1.807, 2.05) is 6.07 Å². The van der Waals surface area contributed by atoms with E-state index in [1.165, 1.54) is 0 Å². The zero-order valence-corrected chi connectivity index (χ0v) is 36.6. The van der Waals surface area contributed by atoms with Crippen molar-refractivity contribution in [1.29, 1.82) is 10.5 Å². The molecule has 13 aromatic rings. The maximum Gasteiger partial charge on any atom is 0.101 e. The first kappa shape index (κ1) is 37.7. The maximum atomic E-state index is 11.5. The van der Waals surface area contributed by atoms with E-state index >= 15 is 0 Å². The Kier molecular flexibility index (Phi) is 7.90. The van der Waals surface area contributed by atoms with Gasteiger partial charge in [-0.15, -0.1) is 0 Å². The molecule has 0 saturated carbocycles. The predicted octanol–water partition coefficient (Wildman–Crippen LogP) is 15.1. The molecular formula is C60H40N6. The van der Waals surface area contributed by atoms with Gasteiger partial charge in [0.15, 0.2) is 0 Å². The molecule has 0 atom stereocenters. The number of hydrogen-bond acceptors (Lipinski definition) is 2. The van der Waals surface area contributed by atoms with Gasteiger partial charge < -0.3 is 18.3 Å². The highest BCUT2D eigenvalue weighted by Gasteiger charge is 2.34. The van der Waals surface area contributed by atoms with Gasteiger partial charge in [-0.2, -0.15) is 10.5 Å². The molecule has 0 aliphatic rings. The molecule has 6 nitrogen and oxygen atoms in total. The molecule has 0 spiro atoms. The zero-order valence-electron chi connectivity index (χ0n) is 36.6. The minimum Gasteiger partial charge on any atom is -0.309 e. The van der Waals surface area contributed by atoms with Crippen LogP contribution in [-0.2, 0) is 5.41 Å². The SMILES string of the molecule is CC(C)(C)c1c(-n2c3ccccc3c3ccc4c(c5ccccc5n4-c4ccccc4)c32)c(C#N)cc(C#N)c1-n1c2ccccc2c2ccc3c(c4ccccc4n3-c3ccccc3)c21. The Bertz CT molecular complexity index is 4000. The van der Waals surface area contributed by atoms with Crippen molar-refractivity contribution in [1.82, 2.24) is 18.3 Å².